The molecule has 4 rings (SSSR count). The van der Waals surface area contributed by atoms with Crippen LogP contribution < -0.4 is 16.4 Å². The van der Waals surface area contributed by atoms with Gasteiger partial charge in [0, 0.05) is 11.9 Å². The third kappa shape index (κ3) is 3.67. The summed E-state index contributed by atoms with van der Waals surface area (Å²) < 4.78 is 5.43. The lowest BCUT2D eigenvalue weighted by molar-refractivity contribution is 0.0997. The van der Waals surface area contributed by atoms with E-state index in [0.29, 0.717) is 44.6 Å². The van der Waals surface area contributed by atoms with Crippen molar-refractivity contribution in [1.82, 2.24) is 9.97 Å². The van der Waals surface area contributed by atoms with E-state index in [2.05, 4.69) is 20.6 Å². The van der Waals surface area contributed by atoms with Gasteiger partial charge in [0.2, 0.25) is 0 Å². The lowest BCUT2D eigenvalue weighted by Crippen LogP contribution is -2.18. The summed E-state index contributed by atoms with van der Waals surface area (Å²) >= 11 is 1.15. The van der Waals surface area contributed by atoms with Gasteiger partial charge in [0.1, 0.15) is 10.7 Å². The molecule has 2 amide bonds. The molecule has 8 nitrogen and oxygen atoms in total. The number of pyridine rings is 1. The number of primary amides is 1. The summed E-state index contributed by atoms with van der Waals surface area (Å²) in [6, 6.07) is 12.5. The van der Waals surface area contributed by atoms with E-state index in [9.17, 15) is 9.59 Å². The van der Waals surface area contributed by atoms with Crippen LogP contribution in [0.25, 0.3) is 22.4 Å². The number of aromatic nitrogens is 2. The number of nitrogens with one attached hydrogen (secondary N) is 2. The molecule has 0 saturated carbocycles. The van der Waals surface area contributed by atoms with Crippen LogP contribution in [0.4, 0.5) is 10.1 Å². The van der Waals surface area contributed by atoms with Crippen molar-refractivity contribution in [1.29, 1.82) is 0 Å². The van der Waals surface area contributed by atoms with Gasteiger partial charge < -0.3 is 20.8 Å². The van der Waals surface area contributed by atoms with Gasteiger partial charge in [0.15, 0.2) is 16.6 Å². The number of carbonyl (C=O) groups is 2. The first-order valence-electron chi connectivity index (χ1n) is 8.86. The summed E-state index contributed by atoms with van der Waals surface area (Å²) in [5, 5.41) is 7.26. The molecule has 0 saturated heterocycles. The Morgan fingerprint density at radius 2 is 2.00 bits per heavy atom. The molecule has 146 valence electrons. The van der Waals surface area contributed by atoms with Gasteiger partial charge in [-0.25, -0.2) is 9.97 Å². The predicted molar refractivity (Wildman–Crippen MR) is 112 cm³/mol. The highest BCUT2D eigenvalue weighted by molar-refractivity contribution is 7.20. The maximum absolute atomic E-state index is 13.1. The average molecular weight is 407 g/mol. The van der Waals surface area contributed by atoms with Crippen LogP contribution in [0.15, 0.2) is 53.1 Å². The number of hydrogen-bond donors (Lipinski definition) is 3. The zero-order valence-electron chi connectivity index (χ0n) is 15.4. The minimum absolute atomic E-state index is 0.0175. The number of nitrogens with two attached hydrogens (primary N) is 1. The highest BCUT2D eigenvalue weighted by Crippen LogP contribution is 2.30. The van der Waals surface area contributed by atoms with Gasteiger partial charge in [-0.05, 0) is 31.2 Å². The smallest absolute Gasteiger partial charge is 0.270 e. The Morgan fingerprint density at radius 1 is 1.17 bits per heavy atom. The molecular weight excluding hydrogens is 390 g/mol. The molecule has 3 heterocycles. The van der Waals surface area contributed by atoms with Crippen LogP contribution in [0.2, 0.25) is 0 Å². The second-order valence-electron chi connectivity index (χ2n) is 6.09. The number of furan rings is 1. The van der Waals surface area contributed by atoms with Crippen LogP contribution in [0.3, 0.4) is 0 Å². The molecular formula is C20H17N5O3S. The van der Waals surface area contributed by atoms with E-state index >= 15 is 0 Å². The van der Waals surface area contributed by atoms with E-state index in [-0.39, 0.29) is 5.69 Å². The van der Waals surface area contributed by atoms with Crippen LogP contribution in [0, 0.1) is 0 Å². The highest BCUT2D eigenvalue weighted by Gasteiger charge is 2.21. The molecule has 0 bridgehead atoms. The lowest BCUT2D eigenvalue weighted by atomic mass is 10.1. The van der Waals surface area contributed by atoms with Crippen molar-refractivity contribution in [3.05, 3.63) is 60.0 Å². The fraction of sp³-hybridized carbons (Fsp3) is 0.100. The number of thiazole rings is 1. The Morgan fingerprint density at radius 3 is 2.72 bits per heavy atom. The summed E-state index contributed by atoms with van der Waals surface area (Å²) in [6.07, 6.45) is 1.55. The molecule has 0 unspecified atom stereocenters. The van der Waals surface area contributed by atoms with Gasteiger partial charge >= 0.3 is 0 Å². The maximum Gasteiger partial charge on any atom is 0.270 e. The van der Waals surface area contributed by atoms with Gasteiger partial charge in [0.05, 0.1) is 17.3 Å². The Labute approximate surface area is 169 Å². The summed E-state index contributed by atoms with van der Waals surface area (Å²) in [5.41, 5.74) is 7.02. The van der Waals surface area contributed by atoms with E-state index in [1.165, 1.54) is 0 Å². The monoisotopic (exact) mass is 407 g/mol. The number of rotatable bonds is 6. The van der Waals surface area contributed by atoms with Crippen molar-refractivity contribution in [3.8, 4) is 11.5 Å². The molecule has 0 aliphatic heterocycles. The number of nitrogens with zero attached hydrogens (tertiary/aromatic N) is 2. The van der Waals surface area contributed by atoms with Crippen LogP contribution in [-0.2, 0) is 0 Å². The third-order valence-corrected chi connectivity index (χ3v) is 5.08. The second-order valence-corrected chi connectivity index (χ2v) is 7.09. The Kier molecular flexibility index (Phi) is 4.96. The number of hydrogen-bond acceptors (Lipinski definition) is 7. The van der Waals surface area contributed by atoms with E-state index in [1.54, 1.807) is 24.5 Å². The normalized spacial score (nSPS) is 10.8. The SMILES string of the molecule is CCNc1nc(C(N)=O)c(NC(=O)c2cc(-c3ccco3)nc3ccccc23)s1. The number of para-hydroxylation sites is 1. The first kappa shape index (κ1) is 18.6. The number of amides is 2. The fourth-order valence-corrected chi connectivity index (χ4v) is 3.82. The number of fused-ring (bicyclic) bond motifs is 1. The number of benzene rings is 1. The molecule has 0 fully saturated rings. The fourth-order valence-electron chi connectivity index (χ4n) is 2.88. The van der Waals surface area contributed by atoms with Gasteiger partial charge in [-0.2, -0.15) is 0 Å². The summed E-state index contributed by atoms with van der Waals surface area (Å²) in [6.45, 7) is 2.53. The van der Waals surface area contributed by atoms with Gasteiger partial charge in [0.25, 0.3) is 11.8 Å². The van der Waals surface area contributed by atoms with Crippen molar-refractivity contribution in [2.75, 3.05) is 17.2 Å². The predicted octanol–water partition coefficient (Wildman–Crippen LogP) is 3.73. The first-order chi connectivity index (χ1) is 14.1. The van der Waals surface area contributed by atoms with Crippen LogP contribution in [0.1, 0.15) is 27.8 Å². The summed E-state index contributed by atoms with van der Waals surface area (Å²) in [4.78, 5) is 33.6. The number of carbonyl (C=O) groups excluding carboxylic acids is 2. The summed E-state index contributed by atoms with van der Waals surface area (Å²) in [5.74, 6) is -0.558. The van der Waals surface area contributed by atoms with Crippen LogP contribution >= 0.6 is 11.3 Å². The van der Waals surface area contributed by atoms with Crippen LogP contribution in [-0.4, -0.2) is 28.3 Å². The van der Waals surface area contributed by atoms with Crippen molar-refractivity contribution in [2.45, 2.75) is 6.92 Å². The van der Waals surface area contributed by atoms with Gasteiger partial charge in [-0.15, -0.1) is 0 Å². The number of anilines is 2. The molecule has 9 heteroatoms. The zero-order valence-corrected chi connectivity index (χ0v) is 16.2. The third-order valence-electron chi connectivity index (χ3n) is 4.15. The van der Waals surface area contributed by atoms with E-state index in [1.807, 2.05) is 31.2 Å². The van der Waals surface area contributed by atoms with Gasteiger partial charge in [-0.1, -0.05) is 29.5 Å². The van der Waals surface area contributed by atoms with Crippen molar-refractivity contribution in [3.63, 3.8) is 0 Å². The average Bonchev–Trinajstić information content (AvgIpc) is 3.38. The molecule has 4 aromatic rings. The molecule has 0 spiro atoms. The topological polar surface area (TPSA) is 123 Å². The van der Waals surface area contributed by atoms with E-state index in [4.69, 9.17) is 10.2 Å². The molecule has 0 aliphatic carbocycles. The molecule has 0 aliphatic rings. The lowest BCUT2D eigenvalue weighted by Gasteiger charge is -2.09. The minimum atomic E-state index is -0.712. The Hall–Kier alpha value is -3.72. The Bertz CT molecular complexity index is 1200. The molecule has 0 radical (unpaired) electrons. The highest BCUT2D eigenvalue weighted by atomic mass is 32.1. The zero-order chi connectivity index (χ0) is 20.4. The van der Waals surface area contributed by atoms with Gasteiger partial charge in [-0.3, -0.25) is 9.59 Å². The van der Waals surface area contributed by atoms with E-state index < -0.39 is 11.8 Å². The van der Waals surface area contributed by atoms with Crippen molar-refractivity contribution >= 4 is 44.2 Å². The molecule has 0 atom stereocenters. The molecule has 1 aromatic carbocycles. The summed E-state index contributed by atoms with van der Waals surface area (Å²) in [7, 11) is 0. The van der Waals surface area contributed by atoms with Crippen molar-refractivity contribution in [2.24, 2.45) is 5.73 Å². The quantitative estimate of drug-likeness (QED) is 0.447. The first-order valence-corrected chi connectivity index (χ1v) is 9.68. The second kappa shape index (κ2) is 7.72. The minimum Gasteiger partial charge on any atom is -0.463 e. The van der Waals surface area contributed by atoms with Crippen LogP contribution in [0.5, 0.6) is 0 Å². The standard InChI is InChI=1S/C20H17N5O3S/c1-2-22-20-24-16(17(21)26)19(29-20)25-18(27)12-10-14(15-8-5-9-28-15)23-13-7-4-3-6-11(12)13/h3-10H,2H2,1H3,(H2,21,26)(H,22,24)(H,25,27). The van der Waals surface area contributed by atoms with Crippen molar-refractivity contribution < 1.29 is 14.0 Å². The molecule has 29 heavy (non-hydrogen) atoms. The molecule has 3 aromatic heterocycles. The Balaban J connectivity index is 1.77. The molecule has 4 N–H and O–H groups in total. The maximum atomic E-state index is 13.1. The largest absolute Gasteiger partial charge is 0.463 e. The van der Waals surface area contributed by atoms with E-state index in [0.717, 1.165) is 11.3 Å².